The van der Waals surface area contributed by atoms with Gasteiger partial charge < -0.3 is 10.1 Å². The predicted octanol–water partition coefficient (Wildman–Crippen LogP) is 2.11. The predicted molar refractivity (Wildman–Crippen MR) is 70.7 cm³/mol. The Balaban J connectivity index is 2.65. The highest BCUT2D eigenvalue weighted by Crippen LogP contribution is 2.12. The van der Waals surface area contributed by atoms with E-state index in [9.17, 15) is 4.79 Å². The molecule has 0 aliphatic rings. The van der Waals surface area contributed by atoms with Crippen LogP contribution < -0.4 is 10.6 Å². The summed E-state index contributed by atoms with van der Waals surface area (Å²) in [5.41, 5.74) is 1.14. The third-order valence-electron chi connectivity index (χ3n) is 2.69. The summed E-state index contributed by atoms with van der Waals surface area (Å²) < 4.78 is 0. The van der Waals surface area contributed by atoms with Gasteiger partial charge in [0.25, 0.3) is 0 Å². The Kier molecular flexibility index (Phi) is 5.87. The van der Waals surface area contributed by atoms with Crippen LogP contribution in [0.4, 0.5) is 0 Å². The standard InChI is InChI=1S/C14H22N2O/c1-11(2)9-13(10-17)16-14(15-3)12-7-5-4-6-8-12/h4-8,10-11,13-16H,9H2,1-3H3. The second kappa shape index (κ2) is 7.20. The van der Waals surface area contributed by atoms with Gasteiger partial charge in [-0.15, -0.1) is 0 Å². The van der Waals surface area contributed by atoms with Crippen molar-refractivity contribution < 1.29 is 4.79 Å². The van der Waals surface area contributed by atoms with Crippen molar-refractivity contribution >= 4 is 6.29 Å². The first-order chi connectivity index (χ1) is 8.17. The minimum Gasteiger partial charge on any atom is -0.302 e. The molecular formula is C14H22N2O. The van der Waals surface area contributed by atoms with E-state index in [1.165, 1.54) is 0 Å². The zero-order chi connectivity index (χ0) is 12.7. The molecular weight excluding hydrogens is 212 g/mol. The number of benzene rings is 1. The molecule has 1 aromatic carbocycles. The van der Waals surface area contributed by atoms with Gasteiger partial charge in [0, 0.05) is 0 Å². The van der Waals surface area contributed by atoms with Crippen LogP contribution in [-0.2, 0) is 4.79 Å². The topological polar surface area (TPSA) is 41.1 Å². The fourth-order valence-corrected chi connectivity index (χ4v) is 1.88. The van der Waals surface area contributed by atoms with Crippen molar-refractivity contribution in [1.29, 1.82) is 0 Å². The number of carbonyl (C=O) groups is 1. The fraction of sp³-hybridized carbons (Fsp3) is 0.500. The Morgan fingerprint density at radius 2 is 1.88 bits per heavy atom. The van der Waals surface area contributed by atoms with E-state index in [1.807, 2.05) is 37.4 Å². The number of nitrogens with one attached hydrogen (secondary N) is 2. The summed E-state index contributed by atoms with van der Waals surface area (Å²) in [7, 11) is 1.89. The van der Waals surface area contributed by atoms with E-state index >= 15 is 0 Å². The van der Waals surface area contributed by atoms with Gasteiger partial charge >= 0.3 is 0 Å². The summed E-state index contributed by atoms with van der Waals surface area (Å²) in [5.74, 6) is 0.506. The largest absolute Gasteiger partial charge is 0.302 e. The molecule has 0 amide bonds. The average molecular weight is 234 g/mol. The van der Waals surface area contributed by atoms with Crippen molar-refractivity contribution in [3.05, 3.63) is 35.9 Å². The van der Waals surface area contributed by atoms with E-state index in [2.05, 4.69) is 24.5 Å². The molecule has 3 nitrogen and oxygen atoms in total. The van der Waals surface area contributed by atoms with E-state index in [0.29, 0.717) is 5.92 Å². The monoisotopic (exact) mass is 234 g/mol. The summed E-state index contributed by atoms with van der Waals surface area (Å²) in [4.78, 5) is 11.0. The molecule has 0 saturated heterocycles. The van der Waals surface area contributed by atoms with Gasteiger partial charge in [-0.3, -0.25) is 5.32 Å². The Morgan fingerprint density at radius 3 is 2.35 bits per heavy atom. The maximum atomic E-state index is 11.0. The van der Waals surface area contributed by atoms with Crippen LogP contribution in [0.5, 0.6) is 0 Å². The minimum atomic E-state index is -0.104. The van der Waals surface area contributed by atoms with Crippen LogP contribution in [0.25, 0.3) is 0 Å². The second-order valence-electron chi connectivity index (χ2n) is 4.67. The molecule has 1 rings (SSSR count). The van der Waals surface area contributed by atoms with Gasteiger partial charge in [0.1, 0.15) is 6.29 Å². The number of aldehydes is 1. The number of hydrogen-bond acceptors (Lipinski definition) is 3. The van der Waals surface area contributed by atoms with Crippen molar-refractivity contribution in [2.75, 3.05) is 7.05 Å². The first-order valence-electron chi connectivity index (χ1n) is 6.11. The van der Waals surface area contributed by atoms with E-state index in [4.69, 9.17) is 0 Å². The number of carbonyl (C=O) groups excluding carboxylic acids is 1. The Labute approximate surface area is 104 Å². The molecule has 0 heterocycles. The Bertz CT molecular complexity index is 324. The van der Waals surface area contributed by atoms with Crippen molar-refractivity contribution in [3.63, 3.8) is 0 Å². The molecule has 0 aliphatic heterocycles. The maximum absolute atomic E-state index is 11.0. The quantitative estimate of drug-likeness (QED) is 0.561. The molecule has 0 aliphatic carbocycles. The lowest BCUT2D eigenvalue weighted by Gasteiger charge is -2.23. The van der Waals surface area contributed by atoms with Crippen LogP contribution in [0, 0.1) is 5.92 Å². The molecule has 0 aromatic heterocycles. The van der Waals surface area contributed by atoms with E-state index in [-0.39, 0.29) is 12.2 Å². The highest BCUT2D eigenvalue weighted by atomic mass is 16.1. The molecule has 0 spiro atoms. The van der Waals surface area contributed by atoms with Gasteiger partial charge in [0.15, 0.2) is 0 Å². The lowest BCUT2D eigenvalue weighted by molar-refractivity contribution is -0.110. The van der Waals surface area contributed by atoms with Crippen LogP contribution >= 0.6 is 0 Å². The van der Waals surface area contributed by atoms with Crippen LogP contribution in [0.3, 0.4) is 0 Å². The third-order valence-corrected chi connectivity index (χ3v) is 2.69. The van der Waals surface area contributed by atoms with Crippen LogP contribution in [0.15, 0.2) is 30.3 Å². The highest BCUT2D eigenvalue weighted by Gasteiger charge is 2.15. The Morgan fingerprint density at radius 1 is 1.24 bits per heavy atom. The first-order valence-corrected chi connectivity index (χ1v) is 6.11. The smallest absolute Gasteiger partial charge is 0.136 e. The third kappa shape index (κ3) is 4.67. The average Bonchev–Trinajstić information content (AvgIpc) is 2.35. The van der Waals surface area contributed by atoms with Crippen molar-refractivity contribution in [2.24, 2.45) is 5.92 Å². The highest BCUT2D eigenvalue weighted by molar-refractivity contribution is 5.57. The Hall–Kier alpha value is -1.19. The second-order valence-corrected chi connectivity index (χ2v) is 4.67. The summed E-state index contributed by atoms with van der Waals surface area (Å²) in [5, 5.41) is 6.51. The zero-order valence-corrected chi connectivity index (χ0v) is 10.8. The van der Waals surface area contributed by atoms with Gasteiger partial charge in [-0.1, -0.05) is 44.2 Å². The van der Waals surface area contributed by atoms with Gasteiger partial charge in [0.05, 0.1) is 12.2 Å². The van der Waals surface area contributed by atoms with Gasteiger partial charge in [-0.25, -0.2) is 0 Å². The van der Waals surface area contributed by atoms with E-state index in [0.717, 1.165) is 18.3 Å². The molecule has 2 unspecified atom stereocenters. The fourth-order valence-electron chi connectivity index (χ4n) is 1.88. The molecule has 94 valence electrons. The molecule has 3 heteroatoms. The molecule has 0 saturated carbocycles. The lowest BCUT2D eigenvalue weighted by atomic mass is 10.0. The van der Waals surface area contributed by atoms with E-state index in [1.54, 1.807) is 0 Å². The van der Waals surface area contributed by atoms with Crippen LogP contribution in [-0.4, -0.2) is 19.4 Å². The maximum Gasteiger partial charge on any atom is 0.136 e. The minimum absolute atomic E-state index is 0.0187. The van der Waals surface area contributed by atoms with Gasteiger partial charge in [-0.2, -0.15) is 0 Å². The summed E-state index contributed by atoms with van der Waals surface area (Å²) in [6.45, 7) is 4.24. The molecule has 2 N–H and O–H groups in total. The first kappa shape index (κ1) is 13.9. The lowest BCUT2D eigenvalue weighted by Crippen LogP contribution is -2.40. The molecule has 0 bridgehead atoms. The van der Waals surface area contributed by atoms with Gasteiger partial charge in [-0.05, 0) is 24.9 Å². The molecule has 0 fully saturated rings. The molecule has 2 atom stereocenters. The summed E-state index contributed by atoms with van der Waals surface area (Å²) in [6.07, 6.45) is 1.87. The summed E-state index contributed by atoms with van der Waals surface area (Å²) >= 11 is 0. The number of rotatable bonds is 7. The van der Waals surface area contributed by atoms with Crippen LogP contribution in [0.1, 0.15) is 32.0 Å². The van der Waals surface area contributed by atoms with Crippen molar-refractivity contribution in [2.45, 2.75) is 32.5 Å². The van der Waals surface area contributed by atoms with Crippen LogP contribution in [0.2, 0.25) is 0 Å². The normalized spacial score (nSPS) is 14.6. The SMILES string of the molecule is CNC(NC(C=O)CC(C)C)c1ccccc1. The molecule has 1 aromatic rings. The molecule has 0 radical (unpaired) electrons. The van der Waals surface area contributed by atoms with Crippen molar-refractivity contribution in [1.82, 2.24) is 10.6 Å². The van der Waals surface area contributed by atoms with Crippen molar-refractivity contribution in [3.8, 4) is 0 Å². The molecule has 17 heavy (non-hydrogen) atoms. The van der Waals surface area contributed by atoms with E-state index < -0.39 is 0 Å². The van der Waals surface area contributed by atoms with Gasteiger partial charge in [0.2, 0.25) is 0 Å². The zero-order valence-electron chi connectivity index (χ0n) is 10.8. The summed E-state index contributed by atoms with van der Waals surface area (Å²) in [6, 6.07) is 9.98. The number of hydrogen-bond donors (Lipinski definition) is 2.